The van der Waals surface area contributed by atoms with Crippen molar-refractivity contribution < 1.29 is 4.74 Å². The summed E-state index contributed by atoms with van der Waals surface area (Å²) in [6.07, 6.45) is 1.15. The summed E-state index contributed by atoms with van der Waals surface area (Å²) in [6.45, 7) is 6.43. The predicted molar refractivity (Wildman–Crippen MR) is 71.2 cm³/mol. The minimum Gasteiger partial charge on any atom is -0.496 e. The number of methoxy groups -OCH3 is 1. The van der Waals surface area contributed by atoms with Gasteiger partial charge in [0, 0.05) is 21.8 Å². The molecule has 2 N–H and O–H groups in total. The lowest BCUT2D eigenvalue weighted by atomic mass is 10.1. The molecule has 0 heterocycles. The Bertz CT molecular complexity index is 339. The van der Waals surface area contributed by atoms with Crippen LogP contribution in [0.2, 0.25) is 0 Å². The summed E-state index contributed by atoms with van der Waals surface area (Å²) in [5.41, 5.74) is 7.14. The van der Waals surface area contributed by atoms with Crippen molar-refractivity contribution in [3.63, 3.8) is 0 Å². The van der Waals surface area contributed by atoms with Crippen molar-refractivity contribution in [2.75, 3.05) is 7.11 Å². The van der Waals surface area contributed by atoms with E-state index in [2.05, 4.69) is 19.9 Å². The third-order valence-corrected chi connectivity index (χ3v) is 3.95. The Kier molecular flexibility index (Phi) is 5.16. The van der Waals surface area contributed by atoms with Crippen molar-refractivity contribution >= 4 is 11.8 Å². The Morgan fingerprint density at radius 1 is 1.38 bits per heavy atom. The topological polar surface area (TPSA) is 35.2 Å². The van der Waals surface area contributed by atoms with Crippen LogP contribution in [0.1, 0.15) is 38.8 Å². The molecule has 90 valence electrons. The van der Waals surface area contributed by atoms with E-state index in [1.54, 1.807) is 7.11 Å². The summed E-state index contributed by atoms with van der Waals surface area (Å²) in [7, 11) is 1.69. The van der Waals surface area contributed by atoms with Crippen LogP contribution in [0.15, 0.2) is 23.1 Å². The van der Waals surface area contributed by atoms with Gasteiger partial charge in [0.15, 0.2) is 0 Å². The van der Waals surface area contributed by atoms with Crippen LogP contribution < -0.4 is 10.5 Å². The van der Waals surface area contributed by atoms with Gasteiger partial charge in [-0.15, -0.1) is 11.8 Å². The van der Waals surface area contributed by atoms with Gasteiger partial charge in [-0.05, 0) is 25.5 Å². The highest BCUT2D eigenvalue weighted by molar-refractivity contribution is 8.00. The normalized spacial score (nSPS) is 14.6. The Labute approximate surface area is 103 Å². The lowest BCUT2D eigenvalue weighted by Crippen LogP contribution is -2.09. The summed E-state index contributed by atoms with van der Waals surface area (Å²) in [5.74, 6) is 0.892. The van der Waals surface area contributed by atoms with E-state index in [0.717, 1.165) is 17.7 Å². The summed E-state index contributed by atoms with van der Waals surface area (Å²) in [4.78, 5) is 1.24. The van der Waals surface area contributed by atoms with E-state index < -0.39 is 0 Å². The second-order valence-corrected chi connectivity index (χ2v) is 5.48. The van der Waals surface area contributed by atoms with Crippen molar-refractivity contribution in [1.82, 2.24) is 0 Å². The fourth-order valence-corrected chi connectivity index (χ4v) is 2.72. The Morgan fingerprint density at radius 2 is 2.06 bits per heavy atom. The van der Waals surface area contributed by atoms with Crippen LogP contribution in [0.25, 0.3) is 0 Å². The van der Waals surface area contributed by atoms with Gasteiger partial charge < -0.3 is 10.5 Å². The van der Waals surface area contributed by atoms with Gasteiger partial charge >= 0.3 is 0 Å². The molecule has 3 heteroatoms. The molecule has 0 radical (unpaired) electrons. The second-order valence-electron chi connectivity index (χ2n) is 4.00. The van der Waals surface area contributed by atoms with Gasteiger partial charge in [0.05, 0.1) is 7.11 Å². The average molecular weight is 239 g/mol. The maximum absolute atomic E-state index is 6.01. The first-order valence-corrected chi connectivity index (χ1v) is 6.57. The Hall–Kier alpha value is -0.670. The first-order valence-electron chi connectivity index (χ1n) is 5.69. The Morgan fingerprint density at radius 3 is 2.56 bits per heavy atom. The third-order valence-electron chi connectivity index (χ3n) is 2.60. The average Bonchev–Trinajstić information content (AvgIpc) is 2.28. The fraction of sp³-hybridized carbons (Fsp3) is 0.538. The lowest BCUT2D eigenvalue weighted by molar-refractivity contribution is 0.405. The molecular formula is C13H21NOS. The predicted octanol–water partition coefficient (Wildman–Crippen LogP) is 3.61. The minimum absolute atomic E-state index is 0.00251. The molecule has 0 aliphatic rings. The molecule has 0 fully saturated rings. The SMILES string of the molecule is CCC(C)Sc1cccc(OC)c1[C@H](C)N. The summed E-state index contributed by atoms with van der Waals surface area (Å²) in [5, 5.41) is 0.601. The summed E-state index contributed by atoms with van der Waals surface area (Å²) < 4.78 is 5.37. The Balaban J connectivity index is 3.07. The number of nitrogens with two attached hydrogens (primary N) is 1. The van der Waals surface area contributed by atoms with Crippen LogP contribution in [0.4, 0.5) is 0 Å². The van der Waals surface area contributed by atoms with Crippen molar-refractivity contribution in [1.29, 1.82) is 0 Å². The minimum atomic E-state index is 0.00251. The molecule has 0 amide bonds. The van der Waals surface area contributed by atoms with Crippen LogP contribution in [-0.2, 0) is 0 Å². The lowest BCUT2D eigenvalue weighted by Gasteiger charge is -2.18. The monoisotopic (exact) mass is 239 g/mol. The second kappa shape index (κ2) is 6.16. The molecule has 0 aliphatic heterocycles. The smallest absolute Gasteiger partial charge is 0.124 e. The zero-order valence-corrected chi connectivity index (χ0v) is 11.3. The molecule has 1 unspecified atom stereocenters. The van der Waals surface area contributed by atoms with E-state index >= 15 is 0 Å². The number of hydrogen-bond acceptors (Lipinski definition) is 3. The molecule has 0 aromatic heterocycles. The summed E-state index contributed by atoms with van der Waals surface area (Å²) in [6, 6.07) is 6.12. The molecule has 1 rings (SSSR count). The zero-order chi connectivity index (χ0) is 12.1. The van der Waals surface area contributed by atoms with Crippen molar-refractivity contribution in [3.05, 3.63) is 23.8 Å². The van der Waals surface area contributed by atoms with E-state index in [0.29, 0.717) is 5.25 Å². The molecule has 0 saturated heterocycles. The van der Waals surface area contributed by atoms with E-state index in [-0.39, 0.29) is 6.04 Å². The molecule has 1 aromatic rings. The molecular weight excluding hydrogens is 218 g/mol. The van der Waals surface area contributed by atoms with E-state index in [4.69, 9.17) is 10.5 Å². The van der Waals surface area contributed by atoms with Crippen molar-refractivity contribution in [2.45, 2.75) is 43.4 Å². The van der Waals surface area contributed by atoms with Crippen LogP contribution in [0, 0.1) is 0 Å². The van der Waals surface area contributed by atoms with Crippen molar-refractivity contribution in [2.24, 2.45) is 5.73 Å². The number of rotatable bonds is 5. The van der Waals surface area contributed by atoms with Gasteiger partial charge in [-0.2, -0.15) is 0 Å². The van der Waals surface area contributed by atoms with E-state index in [9.17, 15) is 0 Å². The number of ether oxygens (including phenoxy) is 1. The molecule has 0 bridgehead atoms. The third kappa shape index (κ3) is 3.16. The van der Waals surface area contributed by atoms with Crippen LogP contribution >= 0.6 is 11.8 Å². The van der Waals surface area contributed by atoms with Gasteiger partial charge in [0.2, 0.25) is 0 Å². The number of hydrogen-bond donors (Lipinski definition) is 1. The van der Waals surface area contributed by atoms with Gasteiger partial charge in [-0.1, -0.05) is 19.9 Å². The fourth-order valence-electron chi connectivity index (χ4n) is 1.55. The number of benzene rings is 1. The maximum atomic E-state index is 6.01. The highest BCUT2D eigenvalue weighted by Crippen LogP contribution is 2.36. The zero-order valence-electron chi connectivity index (χ0n) is 10.5. The molecule has 0 spiro atoms. The van der Waals surface area contributed by atoms with Gasteiger partial charge in [-0.3, -0.25) is 0 Å². The van der Waals surface area contributed by atoms with Crippen LogP contribution in [0.3, 0.4) is 0 Å². The molecule has 0 aliphatic carbocycles. The van der Waals surface area contributed by atoms with Gasteiger partial charge in [0.1, 0.15) is 5.75 Å². The first-order chi connectivity index (χ1) is 7.60. The molecule has 2 atom stereocenters. The van der Waals surface area contributed by atoms with Gasteiger partial charge in [-0.25, -0.2) is 0 Å². The van der Waals surface area contributed by atoms with Gasteiger partial charge in [0.25, 0.3) is 0 Å². The first kappa shape index (κ1) is 13.4. The number of thioether (sulfide) groups is 1. The van der Waals surface area contributed by atoms with E-state index in [1.165, 1.54) is 4.90 Å². The van der Waals surface area contributed by atoms with Crippen LogP contribution in [0.5, 0.6) is 5.75 Å². The molecule has 1 aromatic carbocycles. The highest BCUT2D eigenvalue weighted by atomic mass is 32.2. The standard InChI is InChI=1S/C13H21NOS/c1-5-9(2)16-12-8-6-7-11(15-4)13(12)10(3)14/h6-10H,5,14H2,1-4H3/t9?,10-/m0/s1. The molecule has 2 nitrogen and oxygen atoms in total. The largest absolute Gasteiger partial charge is 0.496 e. The van der Waals surface area contributed by atoms with E-state index in [1.807, 2.05) is 30.8 Å². The summed E-state index contributed by atoms with van der Waals surface area (Å²) >= 11 is 1.87. The van der Waals surface area contributed by atoms with Crippen molar-refractivity contribution in [3.8, 4) is 5.75 Å². The molecule has 16 heavy (non-hydrogen) atoms. The quantitative estimate of drug-likeness (QED) is 0.797. The maximum Gasteiger partial charge on any atom is 0.124 e. The molecule has 0 saturated carbocycles. The highest BCUT2D eigenvalue weighted by Gasteiger charge is 2.14. The van der Waals surface area contributed by atoms with Crippen LogP contribution in [-0.4, -0.2) is 12.4 Å².